The zero-order valence-corrected chi connectivity index (χ0v) is 17.2. The first-order valence-electron chi connectivity index (χ1n) is 10.2. The van der Waals surface area contributed by atoms with E-state index in [4.69, 9.17) is 21.6 Å². The van der Waals surface area contributed by atoms with Crippen molar-refractivity contribution in [3.05, 3.63) is 23.8 Å². The van der Waals surface area contributed by atoms with Crippen LogP contribution in [-0.2, 0) is 11.3 Å². The Balaban J connectivity index is 1.93. The Hall–Kier alpha value is -2.19. The monoisotopic (exact) mass is 384 g/mol. The molecule has 28 heavy (non-hydrogen) atoms. The molecule has 1 saturated heterocycles. The summed E-state index contributed by atoms with van der Waals surface area (Å²) in [6.07, 6.45) is 10.8. The van der Waals surface area contributed by atoms with E-state index in [-0.39, 0.29) is 17.4 Å². The number of piperidine rings is 1. The molecule has 1 aliphatic carbocycles. The van der Waals surface area contributed by atoms with Crippen LogP contribution < -0.4 is 15.2 Å². The first kappa shape index (κ1) is 20.5. The third-order valence-electron chi connectivity index (χ3n) is 6.62. The van der Waals surface area contributed by atoms with Gasteiger partial charge in [-0.05, 0) is 56.0 Å². The van der Waals surface area contributed by atoms with E-state index in [2.05, 4.69) is 23.8 Å². The molecule has 1 aromatic rings. The maximum Gasteiger partial charge on any atom is 0.217 e. The quantitative estimate of drug-likeness (QED) is 0.765. The Morgan fingerprint density at radius 1 is 1.39 bits per heavy atom. The molecule has 0 spiro atoms. The predicted molar refractivity (Wildman–Crippen MR) is 110 cm³/mol. The summed E-state index contributed by atoms with van der Waals surface area (Å²) >= 11 is 0. The van der Waals surface area contributed by atoms with Crippen molar-refractivity contribution < 1.29 is 14.3 Å². The third-order valence-corrected chi connectivity index (χ3v) is 6.62. The first-order chi connectivity index (χ1) is 13.4. The van der Waals surface area contributed by atoms with Crippen LogP contribution in [0.1, 0.15) is 44.6 Å². The Labute approximate surface area is 168 Å². The zero-order valence-electron chi connectivity index (χ0n) is 17.2. The van der Waals surface area contributed by atoms with Gasteiger partial charge in [0.1, 0.15) is 11.5 Å². The second-order valence-electron chi connectivity index (χ2n) is 8.39. The maximum absolute atomic E-state index is 11.7. The fourth-order valence-corrected chi connectivity index (χ4v) is 5.53. The van der Waals surface area contributed by atoms with Crippen LogP contribution in [0.4, 0.5) is 0 Å². The molecule has 0 aromatic heterocycles. The van der Waals surface area contributed by atoms with Crippen LogP contribution in [0.3, 0.4) is 0 Å². The first-order valence-corrected chi connectivity index (χ1v) is 10.2. The van der Waals surface area contributed by atoms with E-state index in [1.807, 2.05) is 12.1 Å². The van der Waals surface area contributed by atoms with E-state index < -0.39 is 0 Å². The number of rotatable bonds is 6. The number of amides is 1. The lowest BCUT2D eigenvalue weighted by Gasteiger charge is -2.56. The number of ether oxygens (including phenoxy) is 2. The minimum Gasteiger partial charge on any atom is -0.497 e. The van der Waals surface area contributed by atoms with Gasteiger partial charge >= 0.3 is 0 Å². The van der Waals surface area contributed by atoms with Gasteiger partial charge in [0.2, 0.25) is 5.91 Å². The summed E-state index contributed by atoms with van der Waals surface area (Å²) in [6, 6.07) is 5.93. The Bertz CT molecular complexity index is 757. The Morgan fingerprint density at radius 2 is 2.18 bits per heavy atom. The van der Waals surface area contributed by atoms with Crippen molar-refractivity contribution in [1.82, 2.24) is 4.90 Å². The van der Waals surface area contributed by atoms with Crippen molar-refractivity contribution in [2.75, 3.05) is 20.8 Å². The number of nitrogens with two attached hydrogens (primary N) is 1. The highest BCUT2D eigenvalue weighted by atomic mass is 16.5. The molecule has 3 rings (SSSR count). The second-order valence-corrected chi connectivity index (χ2v) is 8.39. The maximum atomic E-state index is 11.7. The van der Waals surface area contributed by atoms with Crippen molar-refractivity contribution in [3.63, 3.8) is 0 Å². The topological polar surface area (TPSA) is 64.8 Å². The molecule has 1 aliphatic heterocycles. The summed E-state index contributed by atoms with van der Waals surface area (Å²) in [5.74, 6) is 5.59. The van der Waals surface area contributed by atoms with E-state index in [1.54, 1.807) is 14.2 Å². The second kappa shape index (κ2) is 8.45. The number of fused-ring (bicyclic) bond motifs is 1. The molecule has 152 valence electrons. The molecular formula is C23H32N2O3. The lowest BCUT2D eigenvalue weighted by molar-refractivity contribution is -0.121. The summed E-state index contributed by atoms with van der Waals surface area (Å²) in [7, 11) is 3.33. The minimum absolute atomic E-state index is 0.223. The SMILES string of the molecule is C#CC12CC(C)CC(CC(N)=O)C1CCCN2Cc1ccc(OC)cc1OC. The summed E-state index contributed by atoms with van der Waals surface area (Å²) in [5.41, 5.74) is 6.33. The molecule has 0 bridgehead atoms. The van der Waals surface area contributed by atoms with Crippen molar-refractivity contribution in [2.45, 2.75) is 51.1 Å². The van der Waals surface area contributed by atoms with Gasteiger partial charge in [0.05, 0.1) is 19.8 Å². The number of likely N-dealkylation sites (tertiary alicyclic amines) is 1. The molecule has 1 amide bonds. The molecule has 1 saturated carbocycles. The van der Waals surface area contributed by atoms with E-state index in [9.17, 15) is 4.79 Å². The van der Waals surface area contributed by atoms with E-state index in [1.165, 1.54) is 0 Å². The van der Waals surface area contributed by atoms with Crippen molar-refractivity contribution in [1.29, 1.82) is 0 Å². The minimum atomic E-state index is -0.332. The van der Waals surface area contributed by atoms with E-state index in [0.29, 0.717) is 18.3 Å². The number of terminal acetylenes is 1. The summed E-state index contributed by atoms with van der Waals surface area (Å²) in [6.45, 7) is 3.92. The molecule has 5 heteroatoms. The van der Waals surface area contributed by atoms with Crippen LogP contribution in [0.25, 0.3) is 0 Å². The number of carbonyl (C=O) groups excluding carboxylic acids is 1. The zero-order chi connectivity index (χ0) is 20.3. The molecule has 1 heterocycles. The van der Waals surface area contributed by atoms with Gasteiger partial charge in [-0.25, -0.2) is 0 Å². The number of benzene rings is 1. The fourth-order valence-electron chi connectivity index (χ4n) is 5.53. The number of nitrogens with zero attached hydrogens (tertiary/aromatic N) is 1. The average Bonchev–Trinajstić information content (AvgIpc) is 2.68. The van der Waals surface area contributed by atoms with Crippen LogP contribution in [0, 0.1) is 30.1 Å². The van der Waals surface area contributed by atoms with Crippen LogP contribution in [-0.4, -0.2) is 37.1 Å². The summed E-state index contributed by atoms with van der Waals surface area (Å²) in [4.78, 5) is 14.1. The molecule has 4 unspecified atom stereocenters. The molecule has 2 fully saturated rings. The number of hydrogen-bond acceptors (Lipinski definition) is 4. The summed E-state index contributed by atoms with van der Waals surface area (Å²) in [5, 5.41) is 0. The predicted octanol–water partition coefficient (Wildman–Crippen LogP) is 3.21. The number of hydrogen-bond donors (Lipinski definition) is 1. The average molecular weight is 385 g/mol. The smallest absolute Gasteiger partial charge is 0.217 e. The normalized spacial score (nSPS) is 30.1. The Kier molecular flexibility index (Phi) is 6.20. The molecule has 0 radical (unpaired) electrons. The van der Waals surface area contributed by atoms with Gasteiger partial charge in [0, 0.05) is 24.6 Å². The number of methoxy groups -OCH3 is 2. The molecule has 4 atom stereocenters. The lowest BCUT2D eigenvalue weighted by Crippen LogP contribution is -2.61. The van der Waals surface area contributed by atoms with Gasteiger partial charge in [-0.1, -0.05) is 18.9 Å². The van der Waals surface area contributed by atoms with Gasteiger partial charge in [0.25, 0.3) is 0 Å². The van der Waals surface area contributed by atoms with Crippen molar-refractivity contribution in [2.24, 2.45) is 23.5 Å². The van der Waals surface area contributed by atoms with Crippen molar-refractivity contribution in [3.8, 4) is 23.8 Å². The number of carbonyl (C=O) groups is 1. The fraction of sp³-hybridized carbons (Fsp3) is 0.609. The van der Waals surface area contributed by atoms with Crippen LogP contribution in [0.2, 0.25) is 0 Å². The van der Waals surface area contributed by atoms with Crippen LogP contribution in [0.15, 0.2) is 18.2 Å². The van der Waals surface area contributed by atoms with E-state index >= 15 is 0 Å². The highest BCUT2D eigenvalue weighted by Crippen LogP contribution is 2.50. The van der Waals surface area contributed by atoms with Gasteiger partial charge in [-0.2, -0.15) is 0 Å². The lowest BCUT2D eigenvalue weighted by atomic mass is 9.59. The largest absolute Gasteiger partial charge is 0.497 e. The molecule has 2 N–H and O–H groups in total. The highest BCUT2D eigenvalue weighted by Gasteiger charge is 2.52. The van der Waals surface area contributed by atoms with Crippen LogP contribution in [0.5, 0.6) is 11.5 Å². The standard InChI is InChI=1S/C23H32N2O3/c1-5-23-14-16(2)11-18(12-22(24)26)20(23)7-6-10-25(23)15-17-8-9-19(27-3)13-21(17)28-4/h1,8-9,13,16,18,20H,6-7,10-12,14-15H2,2-4H3,(H2,24,26). The third kappa shape index (κ3) is 3.84. The summed E-state index contributed by atoms with van der Waals surface area (Å²) < 4.78 is 10.9. The molecular weight excluding hydrogens is 352 g/mol. The van der Waals surface area contributed by atoms with Gasteiger partial charge in [-0.3, -0.25) is 9.69 Å². The molecule has 2 aliphatic rings. The van der Waals surface area contributed by atoms with Crippen molar-refractivity contribution >= 4 is 5.91 Å². The van der Waals surface area contributed by atoms with Gasteiger partial charge in [0.15, 0.2) is 0 Å². The Morgan fingerprint density at radius 3 is 2.82 bits per heavy atom. The molecule has 1 aromatic carbocycles. The van der Waals surface area contributed by atoms with E-state index in [0.717, 1.165) is 55.8 Å². The van der Waals surface area contributed by atoms with Gasteiger partial charge in [-0.15, -0.1) is 6.42 Å². The highest BCUT2D eigenvalue weighted by molar-refractivity contribution is 5.74. The van der Waals surface area contributed by atoms with Crippen LogP contribution >= 0.6 is 0 Å². The number of primary amides is 1. The van der Waals surface area contributed by atoms with Gasteiger partial charge < -0.3 is 15.2 Å². The molecule has 5 nitrogen and oxygen atoms in total.